The number of hydrogen-bond acceptors (Lipinski definition) is 3. The summed E-state index contributed by atoms with van der Waals surface area (Å²) in [4.78, 5) is 0. The molecular formula is C16H18O3. The van der Waals surface area contributed by atoms with Gasteiger partial charge in [0.15, 0.2) is 0 Å². The Hall–Kier alpha value is -2.00. The Kier molecular flexibility index (Phi) is 4.07. The summed E-state index contributed by atoms with van der Waals surface area (Å²) < 4.78 is 10.5. The van der Waals surface area contributed by atoms with Crippen LogP contribution in [-0.2, 0) is 0 Å². The van der Waals surface area contributed by atoms with Crippen molar-refractivity contribution < 1.29 is 14.6 Å². The summed E-state index contributed by atoms with van der Waals surface area (Å²) in [6.07, 6.45) is -0.732. The summed E-state index contributed by atoms with van der Waals surface area (Å²) in [6.45, 7) is 1.99. The molecule has 1 atom stereocenters. The van der Waals surface area contributed by atoms with E-state index < -0.39 is 6.10 Å². The molecule has 0 amide bonds. The van der Waals surface area contributed by atoms with Crippen LogP contribution in [0, 0.1) is 6.92 Å². The molecular weight excluding hydrogens is 240 g/mol. The van der Waals surface area contributed by atoms with Gasteiger partial charge in [-0.2, -0.15) is 0 Å². The number of hydrogen-bond donors (Lipinski definition) is 1. The van der Waals surface area contributed by atoms with E-state index in [1.807, 2.05) is 49.4 Å². The van der Waals surface area contributed by atoms with Crippen LogP contribution < -0.4 is 9.47 Å². The Balaban J connectivity index is 2.42. The highest BCUT2D eigenvalue weighted by Crippen LogP contribution is 2.32. The quantitative estimate of drug-likeness (QED) is 0.915. The molecule has 0 aliphatic heterocycles. The lowest BCUT2D eigenvalue weighted by atomic mass is 9.99. The maximum Gasteiger partial charge on any atom is 0.125 e. The SMILES string of the molecule is COc1cccc(C(O)c2cc(C)ccc2OC)c1. The second-order valence-corrected chi connectivity index (χ2v) is 4.42. The fraction of sp³-hybridized carbons (Fsp3) is 0.250. The summed E-state index contributed by atoms with van der Waals surface area (Å²) in [7, 11) is 3.21. The van der Waals surface area contributed by atoms with Gasteiger partial charge in [0.1, 0.15) is 17.6 Å². The first-order valence-electron chi connectivity index (χ1n) is 6.12. The first-order chi connectivity index (χ1) is 9.15. The lowest BCUT2D eigenvalue weighted by Gasteiger charge is -2.16. The molecule has 0 aliphatic carbocycles. The second kappa shape index (κ2) is 5.76. The van der Waals surface area contributed by atoms with Crippen molar-refractivity contribution in [3.05, 3.63) is 59.2 Å². The minimum absolute atomic E-state index is 0.681. The molecule has 2 rings (SSSR count). The molecule has 0 heterocycles. The van der Waals surface area contributed by atoms with Crippen molar-refractivity contribution in [3.63, 3.8) is 0 Å². The molecule has 0 bridgehead atoms. The van der Waals surface area contributed by atoms with Crippen molar-refractivity contribution >= 4 is 0 Å². The van der Waals surface area contributed by atoms with Gasteiger partial charge in [0.25, 0.3) is 0 Å². The molecule has 3 nitrogen and oxygen atoms in total. The number of aryl methyl sites for hydroxylation is 1. The lowest BCUT2D eigenvalue weighted by molar-refractivity contribution is 0.214. The van der Waals surface area contributed by atoms with E-state index in [1.165, 1.54) is 0 Å². The van der Waals surface area contributed by atoms with E-state index >= 15 is 0 Å². The minimum Gasteiger partial charge on any atom is -0.497 e. The Morgan fingerprint density at radius 1 is 1.00 bits per heavy atom. The normalized spacial score (nSPS) is 12.0. The van der Waals surface area contributed by atoms with Gasteiger partial charge < -0.3 is 14.6 Å². The highest BCUT2D eigenvalue weighted by Gasteiger charge is 2.16. The van der Waals surface area contributed by atoms with Crippen LogP contribution in [0.15, 0.2) is 42.5 Å². The highest BCUT2D eigenvalue weighted by molar-refractivity contribution is 5.43. The van der Waals surface area contributed by atoms with Crippen molar-refractivity contribution in [2.45, 2.75) is 13.0 Å². The first kappa shape index (κ1) is 13.4. The van der Waals surface area contributed by atoms with E-state index in [-0.39, 0.29) is 0 Å². The molecule has 1 unspecified atom stereocenters. The molecule has 0 saturated heterocycles. The van der Waals surface area contributed by atoms with Crippen LogP contribution >= 0.6 is 0 Å². The van der Waals surface area contributed by atoms with Gasteiger partial charge in [-0.3, -0.25) is 0 Å². The van der Waals surface area contributed by atoms with Crippen LogP contribution in [0.5, 0.6) is 11.5 Å². The van der Waals surface area contributed by atoms with Crippen LogP contribution in [-0.4, -0.2) is 19.3 Å². The summed E-state index contributed by atoms with van der Waals surface area (Å²) >= 11 is 0. The van der Waals surface area contributed by atoms with E-state index in [1.54, 1.807) is 14.2 Å². The van der Waals surface area contributed by atoms with E-state index in [9.17, 15) is 5.11 Å². The molecule has 0 aliphatic rings. The summed E-state index contributed by atoms with van der Waals surface area (Å²) in [5.74, 6) is 1.41. The van der Waals surface area contributed by atoms with Crippen LogP contribution in [0.3, 0.4) is 0 Å². The third kappa shape index (κ3) is 2.88. The first-order valence-corrected chi connectivity index (χ1v) is 6.12. The monoisotopic (exact) mass is 258 g/mol. The van der Waals surface area contributed by atoms with Gasteiger partial charge >= 0.3 is 0 Å². The molecule has 2 aromatic rings. The third-order valence-electron chi connectivity index (χ3n) is 3.09. The second-order valence-electron chi connectivity index (χ2n) is 4.42. The van der Waals surface area contributed by atoms with Crippen LogP contribution in [0.2, 0.25) is 0 Å². The van der Waals surface area contributed by atoms with E-state index in [0.717, 1.165) is 22.4 Å². The Bertz CT molecular complexity index is 564. The average Bonchev–Trinajstić information content (AvgIpc) is 2.46. The van der Waals surface area contributed by atoms with Crippen LogP contribution in [0.1, 0.15) is 22.8 Å². The topological polar surface area (TPSA) is 38.7 Å². The molecule has 0 spiro atoms. The van der Waals surface area contributed by atoms with Gasteiger partial charge in [-0.15, -0.1) is 0 Å². The largest absolute Gasteiger partial charge is 0.497 e. The molecule has 19 heavy (non-hydrogen) atoms. The van der Waals surface area contributed by atoms with E-state index in [4.69, 9.17) is 9.47 Å². The Labute approximate surface area is 113 Å². The smallest absolute Gasteiger partial charge is 0.125 e. The van der Waals surface area contributed by atoms with E-state index in [0.29, 0.717) is 5.75 Å². The van der Waals surface area contributed by atoms with Crippen LogP contribution in [0.4, 0.5) is 0 Å². The lowest BCUT2D eigenvalue weighted by Crippen LogP contribution is -2.03. The predicted octanol–water partition coefficient (Wildman–Crippen LogP) is 3.09. The fourth-order valence-electron chi connectivity index (χ4n) is 2.06. The average molecular weight is 258 g/mol. The van der Waals surface area contributed by atoms with Gasteiger partial charge in [-0.1, -0.05) is 23.8 Å². The number of aliphatic hydroxyl groups is 1. The number of rotatable bonds is 4. The zero-order valence-electron chi connectivity index (χ0n) is 11.4. The van der Waals surface area contributed by atoms with Crippen molar-refractivity contribution in [2.24, 2.45) is 0 Å². The van der Waals surface area contributed by atoms with E-state index in [2.05, 4.69) is 0 Å². The molecule has 0 saturated carbocycles. The van der Waals surface area contributed by atoms with Gasteiger partial charge in [-0.25, -0.2) is 0 Å². The summed E-state index contributed by atoms with van der Waals surface area (Å²) in [6, 6.07) is 13.2. The molecule has 3 heteroatoms. The van der Waals surface area contributed by atoms with Gasteiger partial charge in [0.2, 0.25) is 0 Å². The maximum absolute atomic E-state index is 10.5. The summed E-state index contributed by atoms with van der Waals surface area (Å²) in [5.41, 5.74) is 2.62. The number of methoxy groups -OCH3 is 2. The maximum atomic E-state index is 10.5. The highest BCUT2D eigenvalue weighted by atomic mass is 16.5. The van der Waals surface area contributed by atoms with Crippen molar-refractivity contribution in [2.75, 3.05) is 14.2 Å². The molecule has 1 N–H and O–H groups in total. The zero-order chi connectivity index (χ0) is 13.8. The molecule has 0 aromatic heterocycles. The number of ether oxygens (including phenoxy) is 2. The summed E-state index contributed by atoms with van der Waals surface area (Å²) in [5, 5.41) is 10.5. The van der Waals surface area contributed by atoms with Crippen molar-refractivity contribution in [1.82, 2.24) is 0 Å². The fourth-order valence-corrected chi connectivity index (χ4v) is 2.06. The number of benzene rings is 2. The Morgan fingerprint density at radius 2 is 1.79 bits per heavy atom. The van der Waals surface area contributed by atoms with Crippen molar-refractivity contribution in [1.29, 1.82) is 0 Å². The number of aliphatic hydroxyl groups excluding tert-OH is 1. The minimum atomic E-state index is -0.732. The molecule has 0 fully saturated rings. The van der Waals surface area contributed by atoms with Gasteiger partial charge in [0.05, 0.1) is 14.2 Å². The molecule has 2 aromatic carbocycles. The molecule has 100 valence electrons. The zero-order valence-corrected chi connectivity index (χ0v) is 11.4. The van der Waals surface area contributed by atoms with Gasteiger partial charge in [0, 0.05) is 5.56 Å². The van der Waals surface area contributed by atoms with Gasteiger partial charge in [-0.05, 0) is 36.8 Å². The standard InChI is InChI=1S/C16H18O3/c1-11-7-8-15(19-3)14(9-11)16(17)12-5-4-6-13(10-12)18-2/h4-10,16-17H,1-3H3. The molecule has 0 radical (unpaired) electrons. The Morgan fingerprint density at radius 3 is 2.47 bits per heavy atom. The van der Waals surface area contributed by atoms with Crippen LogP contribution in [0.25, 0.3) is 0 Å². The third-order valence-corrected chi connectivity index (χ3v) is 3.09. The predicted molar refractivity (Wildman–Crippen MR) is 74.8 cm³/mol. The van der Waals surface area contributed by atoms with Crippen molar-refractivity contribution in [3.8, 4) is 11.5 Å².